The second-order valence-corrected chi connectivity index (χ2v) is 9.17. The standard InChI is InChI=1S/C25H31FN2O3/c1-17-5-10-22(21(15-17)25(2,3)4)31-16-23(29)28-13-11-20(12-14-28)27-24(30)18-6-8-19(26)9-7-18/h5-10,15,20H,11-14,16H2,1-4H3,(H,27,30). The Morgan fingerprint density at radius 3 is 2.35 bits per heavy atom. The van der Waals surface area contributed by atoms with E-state index in [4.69, 9.17) is 4.74 Å². The van der Waals surface area contributed by atoms with Crippen LogP contribution in [0.1, 0.15) is 55.1 Å². The van der Waals surface area contributed by atoms with E-state index in [1.807, 2.05) is 19.1 Å². The molecule has 0 radical (unpaired) electrons. The summed E-state index contributed by atoms with van der Waals surface area (Å²) in [6, 6.07) is 11.5. The van der Waals surface area contributed by atoms with Crippen molar-refractivity contribution in [2.24, 2.45) is 0 Å². The minimum absolute atomic E-state index is 0.00124. The van der Waals surface area contributed by atoms with Gasteiger partial charge >= 0.3 is 0 Å². The van der Waals surface area contributed by atoms with Crippen molar-refractivity contribution in [1.82, 2.24) is 10.2 Å². The Labute approximate surface area is 183 Å². The lowest BCUT2D eigenvalue weighted by Crippen LogP contribution is -2.47. The van der Waals surface area contributed by atoms with Crippen molar-refractivity contribution in [2.75, 3.05) is 19.7 Å². The van der Waals surface area contributed by atoms with Gasteiger partial charge in [-0.15, -0.1) is 0 Å². The van der Waals surface area contributed by atoms with E-state index in [1.165, 1.54) is 24.3 Å². The molecule has 0 saturated carbocycles. The summed E-state index contributed by atoms with van der Waals surface area (Å²) in [5.74, 6) is 0.102. The van der Waals surface area contributed by atoms with Gasteiger partial charge in [-0.1, -0.05) is 38.5 Å². The number of hydrogen-bond acceptors (Lipinski definition) is 3. The molecular formula is C25H31FN2O3. The Morgan fingerprint density at radius 1 is 1.10 bits per heavy atom. The van der Waals surface area contributed by atoms with Gasteiger partial charge in [0.1, 0.15) is 11.6 Å². The summed E-state index contributed by atoms with van der Waals surface area (Å²) >= 11 is 0. The number of carbonyl (C=O) groups is 2. The van der Waals surface area contributed by atoms with E-state index in [9.17, 15) is 14.0 Å². The molecule has 0 bridgehead atoms. The lowest BCUT2D eigenvalue weighted by Gasteiger charge is -2.32. The minimum atomic E-state index is -0.370. The highest BCUT2D eigenvalue weighted by atomic mass is 19.1. The van der Waals surface area contributed by atoms with Crippen LogP contribution in [0.3, 0.4) is 0 Å². The lowest BCUT2D eigenvalue weighted by molar-refractivity contribution is -0.134. The second kappa shape index (κ2) is 9.50. The molecule has 6 heteroatoms. The summed E-state index contributed by atoms with van der Waals surface area (Å²) in [7, 11) is 0. The number of likely N-dealkylation sites (tertiary alicyclic amines) is 1. The molecule has 1 fully saturated rings. The monoisotopic (exact) mass is 426 g/mol. The first-order valence-corrected chi connectivity index (χ1v) is 10.7. The fraction of sp³-hybridized carbons (Fsp3) is 0.440. The molecule has 3 rings (SSSR count). The number of amides is 2. The Morgan fingerprint density at radius 2 is 1.74 bits per heavy atom. The number of aryl methyl sites for hydroxylation is 1. The van der Waals surface area contributed by atoms with E-state index in [2.05, 4.69) is 32.2 Å². The van der Waals surface area contributed by atoms with E-state index in [1.54, 1.807) is 4.90 Å². The van der Waals surface area contributed by atoms with Crippen LogP contribution >= 0.6 is 0 Å². The molecular weight excluding hydrogens is 395 g/mol. The third-order valence-electron chi connectivity index (χ3n) is 5.58. The number of nitrogens with one attached hydrogen (secondary N) is 1. The van der Waals surface area contributed by atoms with Crippen LogP contribution in [0.4, 0.5) is 4.39 Å². The van der Waals surface area contributed by atoms with Crippen LogP contribution in [0.2, 0.25) is 0 Å². The first kappa shape index (κ1) is 22.8. The van der Waals surface area contributed by atoms with E-state index in [0.29, 0.717) is 31.5 Å². The Bertz CT molecular complexity index is 927. The zero-order chi connectivity index (χ0) is 22.6. The second-order valence-electron chi connectivity index (χ2n) is 9.17. The molecule has 0 spiro atoms. The zero-order valence-electron chi connectivity index (χ0n) is 18.7. The Kier molecular flexibility index (Phi) is 6.98. The van der Waals surface area contributed by atoms with Gasteiger partial charge in [0.05, 0.1) is 0 Å². The lowest BCUT2D eigenvalue weighted by atomic mass is 9.85. The van der Waals surface area contributed by atoms with E-state index in [0.717, 1.165) is 16.9 Å². The average molecular weight is 427 g/mol. The molecule has 0 aliphatic carbocycles. The van der Waals surface area contributed by atoms with Crippen LogP contribution in [0, 0.1) is 12.7 Å². The van der Waals surface area contributed by atoms with Crippen LogP contribution in [0.25, 0.3) is 0 Å². The third-order valence-corrected chi connectivity index (χ3v) is 5.58. The number of ether oxygens (including phenoxy) is 1. The minimum Gasteiger partial charge on any atom is -0.483 e. The number of carbonyl (C=O) groups excluding carboxylic acids is 2. The van der Waals surface area contributed by atoms with Gasteiger partial charge in [-0.3, -0.25) is 9.59 Å². The molecule has 2 amide bonds. The summed E-state index contributed by atoms with van der Waals surface area (Å²) < 4.78 is 18.9. The van der Waals surface area contributed by atoms with Gasteiger partial charge in [-0.25, -0.2) is 4.39 Å². The quantitative estimate of drug-likeness (QED) is 0.778. The van der Waals surface area contributed by atoms with E-state index >= 15 is 0 Å². The fourth-order valence-electron chi connectivity index (χ4n) is 3.73. The van der Waals surface area contributed by atoms with Gasteiger partial charge in [-0.05, 0) is 61.1 Å². The van der Waals surface area contributed by atoms with Crippen molar-refractivity contribution >= 4 is 11.8 Å². The highest BCUT2D eigenvalue weighted by Gasteiger charge is 2.25. The number of rotatable bonds is 5. The van der Waals surface area contributed by atoms with Crippen molar-refractivity contribution in [3.05, 3.63) is 65.0 Å². The van der Waals surface area contributed by atoms with E-state index < -0.39 is 0 Å². The Hall–Kier alpha value is -2.89. The van der Waals surface area contributed by atoms with E-state index in [-0.39, 0.29) is 35.7 Å². The molecule has 5 nitrogen and oxygen atoms in total. The maximum atomic E-state index is 13.0. The number of hydrogen-bond donors (Lipinski definition) is 1. The molecule has 31 heavy (non-hydrogen) atoms. The SMILES string of the molecule is Cc1ccc(OCC(=O)N2CCC(NC(=O)c3ccc(F)cc3)CC2)c(C(C)(C)C)c1. The predicted octanol–water partition coefficient (Wildman–Crippen LogP) is 4.23. The van der Waals surface area contributed by atoms with Crippen molar-refractivity contribution < 1.29 is 18.7 Å². The van der Waals surface area contributed by atoms with Crippen molar-refractivity contribution in [1.29, 1.82) is 0 Å². The van der Waals surface area contributed by atoms with Crippen LogP contribution in [0.5, 0.6) is 5.75 Å². The molecule has 0 atom stereocenters. The third kappa shape index (κ3) is 6.06. The maximum absolute atomic E-state index is 13.0. The molecule has 1 aliphatic rings. The molecule has 1 saturated heterocycles. The fourth-order valence-corrected chi connectivity index (χ4v) is 3.73. The van der Waals surface area contributed by atoms with Gasteiger partial charge in [0.25, 0.3) is 11.8 Å². The number of halogens is 1. The molecule has 2 aromatic carbocycles. The highest BCUT2D eigenvalue weighted by Crippen LogP contribution is 2.32. The molecule has 2 aromatic rings. The molecule has 0 aromatic heterocycles. The first-order valence-electron chi connectivity index (χ1n) is 10.7. The van der Waals surface area contributed by atoms with Crippen molar-refractivity contribution in [2.45, 2.75) is 52.0 Å². The molecule has 1 aliphatic heterocycles. The summed E-state index contributed by atoms with van der Waals surface area (Å²) in [4.78, 5) is 26.7. The zero-order valence-corrected chi connectivity index (χ0v) is 18.7. The summed E-state index contributed by atoms with van der Waals surface area (Å²) in [5, 5.41) is 2.97. The summed E-state index contributed by atoms with van der Waals surface area (Å²) in [6.45, 7) is 9.56. The topological polar surface area (TPSA) is 58.6 Å². The Balaban J connectivity index is 1.50. The predicted molar refractivity (Wildman–Crippen MR) is 119 cm³/mol. The highest BCUT2D eigenvalue weighted by molar-refractivity contribution is 5.94. The van der Waals surface area contributed by atoms with Crippen molar-refractivity contribution in [3.63, 3.8) is 0 Å². The normalized spacial score (nSPS) is 14.9. The van der Waals surface area contributed by atoms with Crippen LogP contribution in [-0.4, -0.2) is 42.5 Å². The van der Waals surface area contributed by atoms with Gasteiger partial charge < -0.3 is 15.0 Å². The molecule has 1 N–H and O–H groups in total. The number of piperidine rings is 1. The summed E-state index contributed by atoms with van der Waals surface area (Å²) in [6.07, 6.45) is 1.35. The van der Waals surface area contributed by atoms with Gasteiger partial charge in [0, 0.05) is 24.7 Å². The molecule has 166 valence electrons. The smallest absolute Gasteiger partial charge is 0.260 e. The number of benzene rings is 2. The first-order chi connectivity index (χ1) is 14.6. The van der Waals surface area contributed by atoms with Crippen LogP contribution < -0.4 is 10.1 Å². The van der Waals surface area contributed by atoms with Gasteiger partial charge in [-0.2, -0.15) is 0 Å². The van der Waals surface area contributed by atoms with Crippen LogP contribution in [0.15, 0.2) is 42.5 Å². The molecule has 0 unspecified atom stereocenters. The average Bonchev–Trinajstić information content (AvgIpc) is 2.73. The van der Waals surface area contributed by atoms with Crippen molar-refractivity contribution in [3.8, 4) is 5.75 Å². The van der Waals surface area contributed by atoms with Gasteiger partial charge in [0.2, 0.25) is 0 Å². The maximum Gasteiger partial charge on any atom is 0.260 e. The number of nitrogens with zero attached hydrogens (tertiary/aromatic N) is 1. The van der Waals surface area contributed by atoms with Crippen LogP contribution in [-0.2, 0) is 10.2 Å². The van der Waals surface area contributed by atoms with Gasteiger partial charge in [0.15, 0.2) is 6.61 Å². The summed E-state index contributed by atoms with van der Waals surface area (Å²) in [5.41, 5.74) is 2.60. The molecule has 1 heterocycles. The largest absolute Gasteiger partial charge is 0.483 e.